The van der Waals surface area contributed by atoms with Gasteiger partial charge in [-0.25, -0.2) is 9.18 Å². The molecule has 2 rings (SSSR count). The largest absolute Gasteiger partial charge is 0.466 e. The normalized spacial score (nSPS) is 21.3. The lowest BCUT2D eigenvalue weighted by Crippen LogP contribution is -2.42. The van der Waals surface area contributed by atoms with Gasteiger partial charge in [0, 0.05) is 12.6 Å². The molecule has 1 N–H and O–H groups in total. The van der Waals surface area contributed by atoms with Crippen LogP contribution in [0.3, 0.4) is 0 Å². The van der Waals surface area contributed by atoms with Crippen molar-refractivity contribution in [2.24, 2.45) is 0 Å². The van der Waals surface area contributed by atoms with Gasteiger partial charge in [-0.15, -0.1) is 0 Å². The van der Waals surface area contributed by atoms with Gasteiger partial charge >= 0.3 is 5.97 Å². The molecule has 1 aliphatic rings. The average Bonchev–Trinajstić information content (AvgIpc) is 2.60. The van der Waals surface area contributed by atoms with Crippen LogP contribution in [0.4, 0.5) is 10.1 Å². The van der Waals surface area contributed by atoms with Crippen molar-refractivity contribution < 1.29 is 23.8 Å². The van der Waals surface area contributed by atoms with E-state index < -0.39 is 28.9 Å². The summed E-state index contributed by atoms with van der Waals surface area (Å²) in [6, 6.07) is 3.52. The maximum atomic E-state index is 13.3. The molecule has 0 radical (unpaired) electrons. The maximum absolute atomic E-state index is 13.3. The van der Waals surface area contributed by atoms with Crippen molar-refractivity contribution >= 4 is 17.6 Å². The van der Waals surface area contributed by atoms with Crippen molar-refractivity contribution in [3.8, 4) is 0 Å². The molecular formula is C13H12FNO4. The highest BCUT2D eigenvalue weighted by atomic mass is 19.1. The molecule has 1 aromatic rings. The van der Waals surface area contributed by atoms with Gasteiger partial charge in [0.15, 0.2) is 0 Å². The molecule has 1 amide bonds. The minimum absolute atomic E-state index is 0.0181. The number of hydrogen-bond donors (Lipinski definition) is 1. The highest BCUT2D eigenvalue weighted by Gasteiger charge is 2.53. The van der Waals surface area contributed by atoms with E-state index in [1.807, 2.05) is 0 Å². The quantitative estimate of drug-likeness (QED) is 0.632. The third-order valence-electron chi connectivity index (χ3n) is 3.19. The molecule has 1 aliphatic heterocycles. The zero-order valence-corrected chi connectivity index (χ0v) is 10.4. The first kappa shape index (κ1) is 13.2. The summed E-state index contributed by atoms with van der Waals surface area (Å²) in [6.45, 7) is 3.40. The summed E-state index contributed by atoms with van der Waals surface area (Å²) in [4.78, 5) is 24.8. The van der Waals surface area contributed by atoms with Crippen molar-refractivity contribution in [2.75, 3.05) is 19.1 Å². The van der Waals surface area contributed by atoms with Crippen molar-refractivity contribution in [1.29, 1.82) is 0 Å². The molecule has 1 aromatic carbocycles. The number of rotatable bonds is 2. The molecule has 0 spiro atoms. The third kappa shape index (κ3) is 1.64. The number of hydrogen-bond acceptors (Lipinski definition) is 4. The highest BCUT2D eigenvalue weighted by molar-refractivity contribution is 6.13. The Hall–Kier alpha value is -2.21. The summed E-state index contributed by atoms with van der Waals surface area (Å²) in [5.41, 5.74) is -2.44. The summed E-state index contributed by atoms with van der Waals surface area (Å²) in [7, 11) is 2.52. The molecule has 0 aliphatic carbocycles. The molecule has 1 unspecified atom stereocenters. The molecule has 5 nitrogen and oxygen atoms in total. The molecule has 0 bridgehead atoms. The number of halogens is 1. The number of ether oxygens (including phenoxy) is 1. The number of carbonyl (C=O) groups is 2. The van der Waals surface area contributed by atoms with Crippen LogP contribution in [0.15, 0.2) is 30.4 Å². The number of anilines is 1. The van der Waals surface area contributed by atoms with E-state index in [9.17, 15) is 19.1 Å². The van der Waals surface area contributed by atoms with Gasteiger partial charge in [-0.05, 0) is 18.2 Å². The molecule has 1 atom stereocenters. The molecule has 0 saturated carbocycles. The van der Waals surface area contributed by atoms with Gasteiger partial charge in [-0.3, -0.25) is 4.79 Å². The van der Waals surface area contributed by atoms with Crippen LogP contribution in [0.5, 0.6) is 0 Å². The monoisotopic (exact) mass is 265 g/mol. The molecule has 19 heavy (non-hydrogen) atoms. The fourth-order valence-corrected chi connectivity index (χ4v) is 2.12. The molecular weight excluding hydrogens is 253 g/mol. The molecule has 100 valence electrons. The van der Waals surface area contributed by atoms with Crippen molar-refractivity contribution in [3.05, 3.63) is 41.7 Å². The van der Waals surface area contributed by atoms with E-state index >= 15 is 0 Å². The number of esters is 1. The summed E-state index contributed by atoms with van der Waals surface area (Å²) in [6.07, 6.45) is 0. The Kier molecular flexibility index (Phi) is 2.90. The van der Waals surface area contributed by atoms with Crippen LogP contribution in [-0.2, 0) is 19.9 Å². The number of nitrogens with zero attached hydrogens (tertiary/aromatic N) is 1. The number of aliphatic hydroxyl groups is 1. The second-order valence-electron chi connectivity index (χ2n) is 4.21. The predicted octanol–water partition coefficient (Wildman–Crippen LogP) is 0.719. The van der Waals surface area contributed by atoms with Crippen LogP contribution in [0, 0.1) is 5.82 Å². The Morgan fingerprint density at radius 2 is 2.16 bits per heavy atom. The van der Waals surface area contributed by atoms with E-state index in [4.69, 9.17) is 0 Å². The standard InChI is InChI=1S/C13H12FNO4/c1-7(11(16)19-3)13(18)9-6-8(14)4-5-10(9)15(2)12(13)17/h4-6,18H,1H2,2-3H3. The molecule has 1 heterocycles. The fraction of sp³-hybridized carbons (Fsp3) is 0.231. The number of carbonyl (C=O) groups excluding carboxylic acids is 2. The lowest BCUT2D eigenvalue weighted by Gasteiger charge is -2.22. The van der Waals surface area contributed by atoms with Crippen LogP contribution in [-0.4, -0.2) is 31.1 Å². The van der Waals surface area contributed by atoms with Gasteiger partial charge < -0.3 is 14.7 Å². The Bertz CT molecular complexity index is 598. The number of fused-ring (bicyclic) bond motifs is 1. The smallest absolute Gasteiger partial charge is 0.336 e. The fourth-order valence-electron chi connectivity index (χ4n) is 2.12. The first-order valence-electron chi connectivity index (χ1n) is 5.42. The van der Waals surface area contributed by atoms with E-state index in [1.54, 1.807) is 0 Å². The Labute approximate surface area is 108 Å². The van der Waals surface area contributed by atoms with E-state index in [0.717, 1.165) is 24.1 Å². The van der Waals surface area contributed by atoms with E-state index in [-0.39, 0.29) is 5.56 Å². The van der Waals surface area contributed by atoms with Crippen LogP contribution < -0.4 is 4.90 Å². The molecule has 0 saturated heterocycles. The van der Waals surface area contributed by atoms with E-state index in [1.165, 1.54) is 13.1 Å². The molecule has 0 aromatic heterocycles. The van der Waals surface area contributed by atoms with Crippen LogP contribution in [0.2, 0.25) is 0 Å². The second-order valence-corrected chi connectivity index (χ2v) is 4.21. The Balaban J connectivity index is 2.65. The number of methoxy groups -OCH3 is 1. The third-order valence-corrected chi connectivity index (χ3v) is 3.19. The van der Waals surface area contributed by atoms with E-state index in [2.05, 4.69) is 11.3 Å². The van der Waals surface area contributed by atoms with Crippen molar-refractivity contribution in [2.45, 2.75) is 5.60 Å². The summed E-state index contributed by atoms with van der Waals surface area (Å²) >= 11 is 0. The van der Waals surface area contributed by atoms with E-state index in [0.29, 0.717) is 5.69 Å². The number of likely N-dealkylation sites (N-methyl/N-ethyl adjacent to an activating group) is 1. The van der Waals surface area contributed by atoms with Gasteiger partial charge in [-0.2, -0.15) is 0 Å². The highest BCUT2D eigenvalue weighted by Crippen LogP contribution is 2.43. The van der Waals surface area contributed by atoms with Crippen molar-refractivity contribution in [3.63, 3.8) is 0 Å². The Morgan fingerprint density at radius 3 is 2.74 bits per heavy atom. The van der Waals surface area contributed by atoms with Gasteiger partial charge in [0.1, 0.15) is 5.82 Å². The average molecular weight is 265 g/mol. The van der Waals surface area contributed by atoms with Gasteiger partial charge in [0.25, 0.3) is 5.91 Å². The first-order chi connectivity index (χ1) is 8.83. The zero-order valence-electron chi connectivity index (χ0n) is 10.4. The number of amides is 1. The van der Waals surface area contributed by atoms with Crippen LogP contribution in [0.25, 0.3) is 0 Å². The topological polar surface area (TPSA) is 66.8 Å². The van der Waals surface area contributed by atoms with Gasteiger partial charge in [0.05, 0.1) is 18.4 Å². The lowest BCUT2D eigenvalue weighted by atomic mass is 9.88. The summed E-state index contributed by atoms with van der Waals surface area (Å²) in [5.74, 6) is -2.33. The predicted molar refractivity (Wildman–Crippen MR) is 64.9 cm³/mol. The van der Waals surface area contributed by atoms with Crippen LogP contribution >= 0.6 is 0 Å². The minimum atomic E-state index is -2.29. The minimum Gasteiger partial charge on any atom is -0.466 e. The lowest BCUT2D eigenvalue weighted by molar-refractivity contribution is -0.144. The maximum Gasteiger partial charge on any atom is 0.336 e. The summed E-state index contributed by atoms with van der Waals surface area (Å²) < 4.78 is 17.8. The second kappa shape index (κ2) is 4.17. The molecule has 6 heteroatoms. The summed E-state index contributed by atoms with van der Waals surface area (Å²) in [5, 5.41) is 10.5. The first-order valence-corrected chi connectivity index (χ1v) is 5.42. The molecule has 0 fully saturated rings. The van der Waals surface area contributed by atoms with Crippen molar-refractivity contribution in [1.82, 2.24) is 0 Å². The van der Waals surface area contributed by atoms with Gasteiger partial charge in [0.2, 0.25) is 5.60 Å². The number of benzene rings is 1. The van der Waals surface area contributed by atoms with Crippen LogP contribution in [0.1, 0.15) is 5.56 Å². The van der Waals surface area contributed by atoms with Gasteiger partial charge in [-0.1, -0.05) is 6.58 Å². The zero-order chi connectivity index (χ0) is 14.4. The Morgan fingerprint density at radius 1 is 1.53 bits per heavy atom. The SMILES string of the molecule is C=C(C(=O)OC)C1(O)C(=O)N(C)c2ccc(F)cc21.